The van der Waals surface area contributed by atoms with Crippen LogP contribution in [0, 0.1) is 0 Å². The van der Waals surface area contributed by atoms with E-state index in [1.807, 2.05) is 24.3 Å². The Balaban J connectivity index is 2.35. The largest absolute Gasteiger partial charge is 0.459 e. The third kappa shape index (κ3) is 4.32. The van der Waals surface area contributed by atoms with Gasteiger partial charge in [-0.3, -0.25) is 0 Å². The summed E-state index contributed by atoms with van der Waals surface area (Å²) in [6, 6.07) is 7.07. The van der Waals surface area contributed by atoms with Crippen molar-refractivity contribution in [2.45, 2.75) is 46.8 Å². The molecule has 0 fully saturated rings. The second kappa shape index (κ2) is 8.05. The van der Waals surface area contributed by atoms with Crippen LogP contribution < -0.4 is 15.5 Å². The SMILES string of the molecule is CCN(CC)c1ccc(C2NC(=O)NC(C)=C2C(=O)OC(C)C)cc1. The molecular formula is C19H27N3O3. The molecule has 1 atom stereocenters. The summed E-state index contributed by atoms with van der Waals surface area (Å²) >= 11 is 0. The lowest BCUT2D eigenvalue weighted by molar-refractivity contribution is -0.143. The normalized spacial score (nSPS) is 17.2. The zero-order chi connectivity index (χ0) is 18.6. The van der Waals surface area contributed by atoms with Crippen molar-refractivity contribution in [3.05, 3.63) is 41.1 Å². The smallest absolute Gasteiger partial charge is 0.338 e. The van der Waals surface area contributed by atoms with E-state index in [0.717, 1.165) is 24.3 Å². The summed E-state index contributed by atoms with van der Waals surface area (Å²) in [4.78, 5) is 26.6. The molecule has 0 aromatic heterocycles. The number of hydrogen-bond acceptors (Lipinski definition) is 4. The van der Waals surface area contributed by atoms with Crippen LogP contribution in [0.5, 0.6) is 0 Å². The Labute approximate surface area is 149 Å². The van der Waals surface area contributed by atoms with E-state index in [1.54, 1.807) is 20.8 Å². The minimum atomic E-state index is -0.522. The first-order valence-electron chi connectivity index (χ1n) is 8.71. The third-order valence-electron chi connectivity index (χ3n) is 4.19. The molecule has 0 aliphatic carbocycles. The molecule has 136 valence electrons. The van der Waals surface area contributed by atoms with Crippen LogP contribution in [0.1, 0.15) is 46.2 Å². The average Bonchev–Trinajstić information content (AvgIpc) is 2.55. The Bertz CT molecular complexity index is 661. The maximum atomic E-state index is 12.5. The van der Waals surface area contributed by atoms with E-state index in [-0.39, 0.29) is 12.1 Å². The predicted octanol–water partition coefficient (Wildman–Crippen LogP) is 3.11. The summed E-state index contributed by atoms with van der Waals surface area (Å²) in [5, 5.41) is 5.47. The molecule has 1 aromatic carbocycles. The first kappa shape index (κ1) is 18.8. The number of carbonyl (C=O) groups excluding carboxylic acids is 2. The molecule has 1 heterocycles. The lowest BCUT2D eigenvalue weighted by Gasteiger charge is -2.29. The molecule has 6 heteroatoms. The molecule has 2 amide bonds. The van der Waals surface area contributed by atoms with E-state index < -0.39 is 12.0 Å². The number of nitrogens with zero attached hydrogens (tertiary/aromatic N) is 1. The molecule has 1 aliphatic rings. The van der Waals surface area contributed by atoms with Gasteiger partial charge in [-0.1, -0.05) is 12.1 Å². The van der Waals surface area contributed by atoms with Crippen LogP contribution in [0.25, 0.3) is 0 Å². The molecule has 2 N–H and O–H groups in total. The number of nitrogens with one attached hydrogen (secondary N) is 2. The van der Waals surface area contributed by atoms with Crippen LogP contribution in [0.2, 0.25) is 0 Å². The summed E-state index contributed by atoms with van der Waals surface area (Å²) in [5.74, 6) is -0.419. The highest BCUT2D eigenvalue weighted by Gasteiger charge is 2.32. The minimum absolute atomic E-state index is 0.226. The maximum Gasteiger partial charge on any atom is 0.338 e. The molecule has 0 saturated carbocycles. The van der Waals surface area contributed by atoms with Crippen LogP contribution in [0.4, 0.5) is 10.5 Å². The van der Waals surface area contributed by atoms with E-state index in [2.05, 4.69) is 29.4 Å². The molecule has 1 aliphatic heterocycles. The fraction of sp³-hybridized carbons (Fsp3) is 0.474. The van der Waals surface area contributed by atoms with E-state index in [1.165, 1.54) is 0 Å². The van der Waals surface area contributed by atoms with Crippen molar-refractivity contribution in [2.24, 2.45) is 0 Å². The second-order valence-electron chi connectivity index (χ2n) is 6.29. The number of esters is 1. The molecule has 0 saturated heterocycles. The monoisotopic (exact) mass is 345 g/mol. The van der Waals surface area contributed by atoms with Crippen LogP contribution >= 0.6 is 0 Å². The van der Waals surface area contributed by atoms with Gasteiger partial charge in [-0.2, -0.15) is 0 Å². The van der Waals surface area contributed by atoms with Gasteiger partial charge in [0.1, 0.15) is 0 Å². The summed E-state index contributed by atoms with van der Waals surface area (Å²) in [6.45, 7) is 11.4. The van der Waals surface area contributed by atoms with Crippen LogP contribution in [0.3, 0.4) is 0 Å². The molecule has 6 nitrogen and oxygen atoms in total. The van der Waals surface area contributed by atoms with E-state index in [9.17, 15) is 9.59 Å². The third-order valence-corrected chi connectivity index (χ3v) is 4.19. The van der Waals surface area contributed by atoms with Crippen molar-refractivity contribution in [3.63, 3.8) is 0 Å². The fourth-order valence-electron chi connectivity index (χ4n) is 2.96. The predicted molar refractivity (Wildman–Crippen MR) is 98.3 cm³/mol. The van der Waals surface area contributed by atoms with E-state index in [4.69, 9.17) is 4.74 Å². The highest BCUT2D eigenvalue weighted by Crippen LogP contribution is 2.29. The zero-order valence-electron chi connectivity index (χ0n) is 15.6. The van der Waals surface area contributed by atoms with Crippen molar-refractivity contribution < 1.29 is 14.3 Å². The van der Waals surface area contributed by atoms with Gasteiger partial charge in [-0.05, 0) is 52.3 Å². The number of benzene rings is 1. The van der Waals surface area contributed by atoms with Crippen molar-refractivity contribution >= 4 is 17.7 Å². The summed E-state index contributed by atoms with van der Waals surface area (Å²) in [7, 11) is 0. The Morgan fingerprint density at radius 3 is 2.32 bits per heavy atom. The fourth-order valence-corrected chi connectivity index (χ4v) is 2.96. The molecule has 0 bridgehead atoms. The summed E-state index contributed by atoms with van der Waals surface area (Å²) < 4.78 is 5.35. The average molecular weight is 345 g/mol. The van der Waals surface area contributed by atoms with Crippen molar-refractivity contribution in [1.82, 2.24) is 10.6 Å². The number of hydrogen-bond donors (Lipinski definition) is 2. The molecule has 2 rings (SSSR count). The van der Waals surface area contributed by atoms with Crippen LogP contribution in [-0.2, 0) is 9.53 Å². The number of urea groups is 1. The minimum Gasteiger partial charge on any atom is -0.459 e. The van der Waals surface area contributed by atoms with Gasteiger partial charge < -0.3 is 20.3 Å². The molecule has 1 unspecified atom stereocenters. The lowest BCUT2D eigenvalue weighted by Crippen LogP contribution is -2.45. The molecule has 25 heavy (non-hydrogen) atoms. The summed E-state index contributed by atoms with van der Waals surface area (Å²) in [5.41, 5.74) is 2.91. The Hall–Kier alpha value is -2.50. The van der Waals surface area contributed by atoms with Gasteiger partial charge >= 0.3 is 12.0 Å². The first-order valence-corrected chi connectivity index (χ1v) is 8.71. The van der Waals surface area contributed by atoms with Gasteiger partial charge in [-0.25, -0.2) is 9.59 Å². The van der Waals surface area contributed by atoms with Crippen LogP contribution in [0.15, 0.2) is 35.5 Å². The number of carbonyl (C=O) groups is 2. The van der Waals surface area contributed by atoms with Gasteiger partial charge in [0.05, 0.1) is 17.7 Å². The second-order valence-corrected chi connectivity index (χ2v) is 6.29. The number of amides is 2. The van der Waals surface area contributed by atoms with Crippen molar-refractivity contribution in [2.75, 3.05) is 18.0 Å². The number of ether oxygens (including phenoxy) is 1. The van der Waals surface area contributed by atoms with Gasteiger partial charge in [0.15, 0.2) is 0 Å². The molecular weight excluding hydrogens is 318 g/mol. The highest BCUT2D eigenvalue weighted by molar-refractivity contribution is 5.95. The van der Waals surface area contributed by atoms with Crippen LogP contribution in [-0.4, -0.2) is 31.2 Å². The van der Waals surface area contributed by atoms with Gasteiger partial charge in [-0.15, -0.1) is 0 Å². The standard InChI is InChI=1S/C19H27N3O3/c1-6-22(7-2)15-10-8-14(9-11-15)17-16(18(23)25-12(3)4)13(5)20-19(24)21-17/h8-12,17H,6-7H2,1-5H3,(H2,20,21,24). The molecule has 0 radical (unpaired) electrons. The zero-order valence-corrected chi connectivity index (χ0v) is 15.6. The van der Waals surface area contributed by atoms with Gasteiger partial charge in [0, 0.05) is 24.5 Å². The Morgan fingerprint density at radius 1 is 1.20 bits per heavy atom. The number of allylic oxidation sites excluding steroid dienone is 1. The quantitative estimate of drug-likeness (QED) is 0.777. The topological polar surface area (TPSA) is 70.7 Å². The Morgan fingerprint density at radius 2 is 1.80 bits per heavy atom. The van der Waals surface area contributed by atoms with Crippen molar-refractivity contribution in [1.29, 1.82) is 0 Å². The van der Waals surface area contributed by atoms with E-state index in [0.29, 0.717) is 11.3 Å². The summed E-state index contributed by atoms with van der Waals surface area (Å²) in [6.07, 6.45) is -0.226. The van der Waals surface area contributed by atoms with Gasteiger partial charge in [0.25, 0.3) is 0 Å². The lowest BCUT2D eigenvalue weighted by atomic mass is 9.95. The van der Waals surface area contributed by atoms with Crippen molar-refractivity contribution in [3.8, 4) is 0 Å². The number of rotatable bonds is 6. The number of anilines is 1. The first-order chi connectivity index (χ1) is 11.9. The van der Waals surface area contributed by atoms with E-state index >= 15 is 0 Å². The Kier molecular flexibility index (Phi) is 6.07. The highest BCUT2D eigenvalue weighted by atomic mass is 16.5. The van der Waals surface area contributed by atoms with Gasteiger partial charge in [0.2, 0.25) is 0 Å². The maximum absolute atomic E-state index is 12.5. The molecule has 0 spiro atoms. The molecule has 1 aromatic rings.